The summed E-state index contributed by atoms with van der Waals surface area (Å²) in [4.78, 5) is 0.0784. The van der Waals surface area contributed by atoms with E-state index in [-0.39, 0.29) is 31.1 Å². The lowest BCUT2D eigenvalue weighted by Gasteiger charge is -2.37. The lowest BCUT2D eigenvalue weighted by atomic mass is 10.3. The van der Waals surface area contributed by atoms with Gasteiger partial charge in [-0.25, -0.2) is 8.42 Å². The van der Waals surface area contributed by atoms with Crippen molar-refractivity contribution in [3.8, 4) is 11.5 Å². The van der Waals surface area contributed by atoms with Crippen LogP contribution in [0.1, 0.15) is 0 Å². The molecule has 0 aromatic heterocycles. The van der Waals surface area contributed by atoms with Gasteiger partial charge in [0.25, 0.3) is 10.2 Å². The second-order valence-corrected chi connectivity index (χ2v) is 10.2. The molecule has 2 aliphatic heterocycles. The van der Waals surface area contributed by atoms with Crippen LogP contribution in [0.2, 0.25) is 0 Å². The molecular formula is C16H25N3O7S2. The van der Waals surface area contributed by atoms with Gasteiger partial charge in [-0.2, -0.15) is 21.3 Å². The number of sulfonamides is 1. The van der Waals surface area contributed by atoms with Crippen molar-refractivity contribution in [3.63, 3.8) is 0 Å². The van der Waals surface area contributed by atoms with Crippen LogP contribution in [-0.4, -0.2) is 96.5 Å². The SMILES string of the molecule is COc1ccc(S(=O)(=O)N2CCN(S(=O)(=O)N3CCOCC3)CC2)cc1OC. The van der Waals surface area contributed by atoms with E-state index in [1.807, 2.05) is 0 Å². The van der Waals surface area contributed by atoms with Crippen LogP contribution in [0.3, 0.4) is 0 Å². The Morgan fingerprint density at radius 1 is 0.786 bits per heavy atom. The van der Waals surface area contributed by atoms with E-state index in [1.54, 1.807) is 0 Å². The number of rotatable bonds is 6. The van der Waals surface area contributed by atoms with Crippen LogP contribution in [0.25, 0.3) is 0 Å². The third-order valence-electron chi connectivity index (χ3n) is 4.81. The third kappa shape index (κ3) is 4.11. The van der Waals surface area contributed by atoms with Gasteiger partial charge in [-0.15, -0.1) is 0 Å². The van der Waals surface area contributed by atoms with E-state index in [4.69, 9.17) is 14.2 Å². The van der Waals surface area contributed by atoms with Gasteiger partial charge in [0.15, 0.2) is 11.5 Å². The van der Waals surface area contributed by atoms with Gasteiger partial charge in [0.05, 0.1) is 32.3 Å². The molecule has 0 spiro atoms. The molecular weight excluding hydrogens is 410 g/mol. The van der Waals surface area contributed by atoms with E-state index < -0.39 is 20.2 Å². The molecule has 0 N–H and O–H groups in total. The average molecular weight is 436 g/mol. The van der Waals surface area contributed by atoms with Crippen molar-refractivity contribution in [2.45, 2.75) is 4.90 Å². The van der Waals surface area contributed by atoms with Crippen LogP contribution in [0, 0.1) is 0 Å². The first-order valence-corrected chi connectivity index (χ1v) is 11.7. The Hall–Kier alpha value is -1.44. The van der Waals surface area contributed by atoms with Crippen LogP contribution in [0.15, 0.2) is 23.1 Å². The van der Waals surface area contributed by atoms with Crippen LogP contribution in [0.4, 0.5) is 0 Å². The van der Waals surface area contributed by atoms with Crippen molar-refractivity contribution < 1.29 is 31.0 Å². The highest BCUT2D eigenvalue weighted by molar-refractivity contribution is 7.89. The maximum absolute atomic E-state index is 12.9. The summed E-state index contributed by atoms with van der Waals surface area (Å²) in [5, 5.41) is 0. The van der Waals surface area contributed by atoms with E-state index in [0.29, 0.717) is 37.8 Å². The van der Waals surface area contributed by atoms with Gasteiger partial charge < -0.3 is 14.2 Å². The van der Waals surface area contributed by atoms with E-state index in [0.717, 1.165) is 0 Å². The van der Waals surface area contributed by atoms with Crippen molar-refractivity contribution in [2.75, 3.05) is 66.7 Å². The molecule has 0 amide bonds. The molecule has 3 rings (SSSR count). The van der Waals surface area contributed by atoms with Gasteiger partial charge in [-0.1, -0.05) is 0 Å². The monoisotopic (exact) mass is 435 g/mol. The van der Waals surface area contributed by atoms with Crippen LogP contribution in [-0.2, 0) is 25.0 Å². The van der Waals surface area contributed by atoms with Crippen LogP contribution in [0.5, 0.6) is 11.5 Å². The van der Waals surface area contributed by atoms with Crippen LogP contribution >= 0.6 is 0 Å². The number of ether oxygens (including phenoxy) is 3. The number of hydrogen-bond donors (Lipinski definition) is 0. The van der Waals surface area contributed by atoms with E-state index >= 15 is 0 Å². The Bertz CT molecular complexity index is 891. The Morgan fingerprint density at radius 3 is 1.89 bits per heavy atom. The highest BCUT2D eigenvalue weighted by atomic mass is 32.2. The molecule has 12 heteroatoms. The van der Waals surface area contributed by atoms with Crippen molar-refractivity contribution in [3.05, 3.63) is 18.2 Å². The summed E-state index contributed by atoms with van der Waals surface area (Å²) in [6.45, 7) is 1.73. The van der Waals surface area contributed by atoms with Gasteiger partial charge in [0.2, 0.25) is 10.0 Å². The highest BCUT2D eigenvalue weighted by Crippen LogP contribution is 2.31. The molecule has 0 unspecified atom stereocenters. The molecule has 2 saturated heterocycles. The molecule has 2 heterocycles. The minimum Gasteiger partial charge on any atom is -0.493 e. The Morgan fingerprint density at radius 2 is 1.32 bits per heavy atom. The third-order valence-corrected chi connectivity index (χ3v) is 8.74. The van der Waals surface area contributed by atoms with Gasteiger partial charge in [-0.05, 0) is 12.1 Å². The number of hydrogen-bond acceptors (Lipinski definition) is 7. The van der Waals surface area contributed by atoms with Gasteiger partial charge in [0, 0.05) is 45.3 Å². The molecule has 0 aliphatic carbocycles. The second kappa shape index (κ2) is 8.51. The quantitative estimate of drug-likeness (QED) is 0.598. The fraction of sp³-hybridized carbons (Fsp3) is 0.625. The molecule has 2 fully saturated rings. The molecule has 28 heavy (non-hydrogen) atoms. The molecule has 2 aliphatic rings. The Kier molecular flexibility index (Phi) is 6.47. The molecule has 0 saturated carbocycles. The van der Waals surface area contributed by atoms with E-state index in [9.17, 15) is 16.8 Å². The fourth-order valence-corrected chi connectivity index (χ4v) is 6.21. The Labute approximate surface area is 165 Å². The number of morpholine rings is 1. The van der Waals surface area contributed by atoms with Crippen LogP contribution < -0.4 is 9.47 Å². The normalized spacial score (nSPS) is 20.8. The minimum absolute atomic E-state index is 0.0784. The predicted molar refractivity (Wildman–Crippen MR) is 101 cm³/mol. The maximum Gasteiger partial charge on any atom is 0.282 e. The topological polar surface area (TPSA) is 106 Å². The fourth-order valence-electron chi connectivity index (χ4n) is 3.21. The number of piperazine rings is 1. The molecule has 0 bridgehead atoms. The zero-order valence-electron chi connectivity index (χ0n) is 15.9. The minimum atomic E-state index is -3.77. The first-order chi connectivity index (χ1) is 13.3. The van der Waals surface area contributed by atoms with Gasteiger partial charge in [-0.3, -0.25) is 0 Å². The van der Waals surface area contributed by atoms with Crippen molar-refractivity contribution in [1.82, 2.24) is 12.9 Å². The molecule has 10 nitrogen and oxygen atoms in total. The maximum atomic E-state index is 12.9. The lowest BCUT2D eigenvalue weighted by Crippen LogP contribution is -2.55. The molecule has 1 aromatic rings. The van der Waals surface area contributed by atoms with Gasteiger partial charge in [0.1, 0.15) is 0 Å². The largest absolute Gasteiger partial charge is 0.493 e. The highest BCUT2D eigenvalue weighted by Gasteiger charge is 2.36. The van der Waals surface area contributed by atoms with E-state index in [2.05, 4.69) is 0 Å². The summed E-state index contributed by atoms with van der Waals surface area (Å²) < 4.78 is 70.9. The molecule has 158 valence electrons. The van der Waals surface area contributed by atoms with Crippen molar-refractivity contribution >= 4 is 20.2 Å². The average Bonchev–Trinajstić information content (AvgIpc) is 2.73. The number of benzene rings is 1. The molecule has 0 radical (unpaired) electrons. The van der Waals surface area contributed by atoms with Crippen molar-refractivity contribution in [1.29, 1.82) is 0 Å². The summed E-state index contributed by atoms with van der Waals surface area (Å²) in [5.74, 6) is 0.750. The zero-order chi connectivity index (χ0) is 20.4. The number of nitrogens with zero attached hydrogens (tertiary/aromatic N) is 3. The first-order valence-electron chi connectivity index (χ1n) is 8.86. The summed E-state index contributed by atoms with van der Waals surface area (Å²) in [6, 6.07) is 4.39. The lowest BCUT2D eigenvalue weighted by molar-refractivity contribution is 0.0694. The predicted octanol–water partition coefficient (Wildman–Crippen LogP) is -0.413. The number of methoxy groups -OCH3 is 2. The first kappa shape index (κ1) is 21.3. The summed E-state index contributed by atoms with van der Waals surface area (Å²) in [5.41, 5.74) is 0. The smallest absolute Gasteiger partial charge is 0.282 e. The van der Waals surface area contributed by atoms with Gasteiger partial charge >= 0.3 is 0 Å². The summed E-state index contributed by atoms with van der Waals surface area (Å²) in [6.07, 6.45) is 0. The Balaban J connectivity index is 1.71. The van der Waals surface area contributed by atoms with Crippen molar-refractivity contribution in [2.24, 2.45) is 0 Å². The summed E-state index contributed by atoms with van der Waals surface area (Å²) >= 11 is 0. The zero-order valence-corrected chi connectivity index (χ0v) is 17.5. The molecule has 0 atom stereocenters. The van der Waals surface area contributed by atoms with E-state index in [1.165, 1.54) is 45.3 Å². The standard InChI is InChI=1S/C16H25N3O7S2/c1-24-15-4-3-14(13-16(15)25-2)27(20,21)17-5-7-18(8-6-17)28(22,23)19-9-11-26-12-10-19/h3-4,13H,5-12H2,1-2H3. The molecule has 1 aromatic carbocycles. The second-order valence-electron chi connectivity index (χ2n) is 6.34. The summed E-state index contributed by atoms with van der Waals surface area (Å²) in [7, 11) is -4.47.